The molecule has 0 spiro atoms. The number of thioether (sulfide) groups is 1. The minimum absolute atomic E-state index is 0.0993. The fraction of sp³-hybridized carbons (Fsp3) is 0.412. The van der Waals surface area contributed by atoms with E-state index in [1.54, 1.807) is 0 Å². The monoisotopic (exact) mass is 313 g/mol. The Morgan fingerprint density at radius 3 is 2.91 bits per heavy atom. The molecule has 0 unspecified atom stereocenters. The minimum atomic E-state index is -0.0993. The number of benzene rings is 1. The summed E-state index contributed by atoms with van der Waals surface area (Å²) in [6.07, 6.45) is 4.51. The Morgan fingerprint density at radius 1 is 1.18 bits per heavy atom. The Bertz CT molecular complexity index is 641. The van der Waals surface area contributed by atoms with Crippen molar-refractivity contribution in [1.29, 1.82) is 0 Å². The van der Waals surface area contributed by atoms with Crippen LogP contribution in [0, 0.1) is 0 Å². The van der Waals surface area contributed by atoms with Gasteiger partial charge in [0.05, 0.1) is 4.91 Å². The van der Waals surface area contributed by atoms with Gasteiger partial charge in [-0.1, -0.05) is 30.3 Å². The van der Waals surface area contributed by atoms with Crippen molar-refractivity contribution in [2.45, 2.75) is 18.9 Å². The van der Waals surface area contributed by atoms with Crippen molar-refractivity contribution < 1.29 is 4.79 Å². The molecule has 0 aliphatic carbocycles. The maximum atomic E-state index is 12.1. The summed E-state index contributed by atoms with van der Waals surface area (Å²) in [6.45, 7) is 4.32. The van der Waals surface area contributed by atoms with Crippen LogP contribution in [0.15, 0.2) is 40.2 Å². The number of fused-ring (bicyclic) bond motifs is 1. The lowest BCUT2D eigenvalue weighted by molar-refractivity contribution is -0.113. The number of amides is 1. The molecule has 1 aromatic carbocycles. The van der Waals surface area contributed by atoms with Crippen LogP contribution < -0.4 is 0 Å². The van der Waals surface area contributed by atoms with Gasteiger partial charge in [-0.15, -0.1) is 0 Å². The Hall–Kier alpha value is -1.59. The van der Waals surface area contributed by atoms with Crippen LogP contribution in [0.4, 0.5) is 0 Å². The first kappa shape index (κ1) is 14.0. The van der Waals surface area contributed by atoms with Gasteiger partial charge >= 0.3 is 0 Å². The third-order valence-corrected chi connectivity index (χ3v) is 5.61. The van der Waals surface area contributed by atoms with Crippen LogP contribution in [0.25, 0.3) is 6.08 Å². The third kappa shape index (κ3) is 2.71. The fourth-order valence-corrected chi connectivity index (χ4v) is 4.35. The van der Waals surface area contributed by atoms with Crippen molar-refractivity contribution in [2.75, 3.05) is 26.2 Å². The molecular weight excluding hydrogens is 294 g/mol. The molecule has 5 heteroatoms. The molecule has 0 N–H and O–H groups in total. The summed E-state index contributed by atoms with van der Waals surface area (Å²) < 4.78 is 0. The Morgan fingerprint density at radius 2 is 2.05 bits per heavy atom. The number of carbonyl (C=O) groups excluding carboxylic acids is 1. The second-order valence-corrected chi connectivity index (χ2v) is 7.01. The standard InChI is InChI=1S/C17H19N3OS/c21-16-15(11-13-5-2-1-3-6-13)22-17(18-16)20-10-9-19-8-4-7-14(19)12-20/h1-3,5-6,11,14H,4,7-10,12H2/b15-11+/t14-/m0/s1. The number of nitrogens with zero attached hydrogens (tertiary/aromatic N) is 3. The zero-order chi connectivity index (χ0) is 14.9. The van der Waals surface area contributed by atoms with E-state index in [1.807, 2.05) is 36.4 Å². The predicted octanol–water partition coefficient (Wildman–Crippen LogP) is 2.44. The predicted molar refractivity (Wildman–Crippen MR) is 90.6 cm³/mol. The largest absolute Gasteiger partial charge is 0.348 e. The summed E-state index contributed by atoms with van der Waals surface area (Å²) in [7, 11) is 0. The molecule has 2 fully saturated rings. The van der Waals surface area contributed by atoms with E-state index in [9.17, 15) is 4.79 Å². The average Bonchev–Trinajstić information content (AvgIpc) is 3.15. The van der Waals surface area contributed by atoms with Crippen LogP contribution in [-0.4, -0.2) is 53.1 Å². The van der Waals surface area contributed by atoms with Crippen LogP contribution in [0.5, 0.6) is 0 Å². The van der Waals surface area contributed by atoms with Gasteiger partial charge in [-0.25, -0.2) is 0 Å². The van der Waals surface area contributed by atoms with Gasteiger partial charge in [0, 0.05) is 25.7 Å². The Kier molecular flexibility index (Phi) is 3.76. The number of aliphatic imine (C=N–C) groups is 1. The topological polar surface area (TPSA) is 35.9 Å². The van der Waals surface area contributed by atoms with Crippen molar-refractivity contribution in [3.63, 3.8) is 0 Å². The van der Waals surface area contributed by atoms with Gasteiger partial charge in [0.15, 0.2) is 5.17 Å². The summed E-state index contributed by atoms with van der Waals surface area (Å²) in [5.74, 6) is -0.0993. The van der Waals surface area contributed by atoms with Crippen molar-refractivity contribution in [2.24, 2.45) is 4.99 Å². The molecule has 3 heterocycles. The van der Waals surface area contributed by atoms with E-state index in [1.165, 1.54) is 31.1 Å². The second-order valence-electron chi connectivity index (χ2n) is 6.00. The van der Waals surface area contributed by atoms with E-state index >= 15 is 0 Å². The molecule has 0 aromatic heterocycles. The van der Waals surface area contributed by atoms with E-state index in [4.69, 9.17) is 0 Å². The fourth-order valence-electron chi connectivity index (χ4n) is 3.40. The molecule has 3 aliphatic heterocycles. The number of hydrogen-bond donors (Lipinski definition) is 0. The van der Waals surface area contributed by atoms with Crippen LogP contribution in [-0.2, 0) is 4.79 Å². The molecular formula is C17H19N3OS. The number of carbonyl (C=O) groups is 1. The second kappa shape index (κ2) is 5.89. The molecule has 1 aromatic rings. The van der Waals surface area contributed by atoms with Crippen molar-refractivity contribution in [3.05, 3.63) is 40.8 Å². The third-order valence-electron chi connectivity index (χ3n) is 4.56. The smallest absolute Gasteiger partial charge is 0.286 e. The average molecular weight is 313 g/mol. The van der Waals surface area contributed by atoms with E-state index in [0.29, 0.717) is 6.04 Å². The van der Waals surface area contributed by atoms with Crippen molar-refractivity contribution in [3.8, 4) is 0 Å². The molecule has 4 rings (SSSR count). The highest BCUT2D eigenvalue weighted by atomic mass is 32.2. The van der Waals surface area contributed by atoms with E-state index < -0.39 is 0 Å². The molecule has 0 radical (unpaired) electrons. The zero-order valence-corrected chi connectivity index (χ0v) is 13.3. The maximum absolute atomic E-state index is 12.1. The number of amidine groups is 1. The first-order valence-corrected chi connectivity index (χ1v) is 8.68. The Labute approximate surface area is 134 Å². The van der Waals surface area contributed by atoms with Crippen molar-refractivity contribution >= 4 is 28.9 Å². The first-order chi connectivity index (χ1) is 10.8. The summed E-state index contributed by atoms with van der Waals surface area (Å²) in [5, 5.41) is 0.888. The molecule has 3 aliphatic rings. The molecule has 1 amide bonds. The van der Waals surface area contributed by atoms with Crippen LogP contribution >= 0.6 is 11.8 Å². The van der Waals surface area contributed by atoms with E-state index in [-0.39, 0.29) is 5.91 Å². The molecule has 0 saturated carbocycles. The molecule has 1 atom stereocenters. The van der Waals surface area contributed by atoms with Crippen molar-refractivity contribution in [1.82, 2.24) is 9.80 Å². The molecule has 4 nitrogen and oxygen atoms in total. The van der Waals surface area contributed by atoms with Gasteiger partial charge in [-0.2, -0.15) is 4.99 Å². The molecule has 0 bridgehead atoms. The van der Waals surface area contributed by atoms with Crippen LogP contribution in [0.3, 0.4) is 0 Å². The summed E-state index contributed by atoms with van der Waals surface area (Å²) in [6, 6.07) is 10.6. The van der Waals surface area contributed by atoms with E-state index in [0.717, 1.165) is 35.3 Å². The van der Waals surface area contributed by atoms with Gasteiger partial charge in [0.1, 0.15) is 0 Å². The van der Waals surface area contributed by atoms with Gasteiger partial charge in [-0.05, 0) is 42.8 Å². The minimum Gasteiger partial charge on any atom is -0.348 e. The Balaban J connectivity index is 1.47. The van der Waals surface area contributed by atoms with Crippen LogP contribution in [0.2, 0.25) is 0 Å². The maximum Gasteiger partial charge on any atom is 0.286 e. The highest BCUT2D eigenvalue weighted by Crippen LogP contribution is 2.32. The van der Waals surface area contributed by atoms with E-state index in [2.05, 4.69) is 14.8 Å². The SMILES string of the molecule is O=C1N=C(N2CCN3CCC[C@H]3C2)S/C1=C/c1ccccc1. The molecule has 2 saturated heterocycles. The first-order valence-electron chi connectivity index (χ1n) is 7.86. The highest BCUT2D eigenvalue weighted by molar-refractivity contribution is 8.18. The van der Waals surface area contributed by atoms with Crippen LogP contribution in [0.1, 0.15) is 18.4 Å². The van der Waals surface area contributed by atoms with Gasteiger partial charge in [0.2, 0.25) is 0 Å². The van der Waals surface area contributed by atoms with Gasteiger partial charge in [0.25, 0.3) is 5.91 Å². The van der Waals surface area contributed by atoms with Gasteiger partial charge < -0.3 is 4.90 Å². The highest BCUT2D eigenvalue weighted by Gasteiger charge is 2.34. The molecule has 114 valence electrons. The zero-order valence-electron chi connectivity index (χ0n) is 12.4. The lowest BCUT2D eigenvalue weighted by Crippen LogP contribution is -2.51. The number of rotatable bonds is 1. The lowest BCUT2D eigenvalue weighted by atomic mass is 10.2. The summed E-state index contributed by atoms with van der Waals surface area (Å²) in [4.78, 5) is 22.0. The van der Waals surface area contributed by atoms with Gasteiger partial charge in [-0.3, -0.25) is 9.69 Å². The number of hydrogen-bond acceptors (Lipinski definition) is 4. The number of piperazine rings is 1. The normalized spacial score (nSPS) is 27.4. The molecule has 22 heavy (non-hydrogen) atoms. The summed E-state index contributed by atoms with van der Waals surface area (Å²) >= 11 is 1.52. The lowest BCUT2D eigenvalue weighted by Gasteiger charge is -2.38. The summed E-state index contributed by atoms with van der Waals surface area (Å²) in [5.41, 5.74) is 1.05. The quantitative estimate of drug-likeness (QED) is 0.746.